The number of hydrogen-bond acceptors (Lipinski definition) is 9. The van der Waals surface area contributed by atoms with Crippen molar-refractivity contribution in [1.82, 2.24) is 19.9 Å². The number of ether oxygens (including phenoxy) is 1. The first-order valence-corrected chi connectivity index (χ1v) is 12.4. The van der Waals surface area contributed by atoms with Gasteiger partial charge in [0.25, 0.3) is 0 Å². The standard InChI is InChI=1S/C18H23N5O.3C2HF3O2/c1-2-6-19-15(4-1)12-23-9-5-16-14(11-23)13-24-17(16)10-22-18-20-7-3-8-21-18;3*3-2(4,5)1(6)7/h1-4,6-8,14,16-17H,5,9-13H2,(H,20,21,22);3*(H,6,7)/t14-,16-,17-;;;/m1.../s1. The van der Waals surface area contributed by atoms with E-state index in [1.807, 2.05) is 18.3 Å². The van der Waals surface area contributed by atoms with Crippen LogP contribution >= 0.6 is 0 Å². The Kier molecular flexibility index (Phi) is 14.9. The molecule has 2 aromatic heterocycles. The number of piperidine rings is 1. The van der Waals surface area contributed by atoms with Gasteiger partial charge in [-0.05, 0) is 37.1 Å². The van der Waals surface area contributed by atoms with Gasteiger partial charge < -0.3 is 25.4 Å². The second kappa shape index (κ2) is 17.3. The second-order valence-corrected chi connectivity index (χ2v) is 9.00. The average Bonchev–Trinajstić information content (AvgIpc) is 3.34. The summed E-state index contributed by atoms with van der Waals surface area (Å²) >= 11 is 0. The van der Waals surface area contributed by atoms with E-state index >= 15 is 0 Å². The molecule has 2 fully saturated rings. The summed E-state index contributed by atoms with van der Waals surface area (Å²) in [6.07, 6.45) is -8.43. The lowest BCUT2D eigenvalue weighted by atomic mass is 9.84. The Bertz CT molecular complexity index is 1150. The van der Waals surface area contributed by atoms with Crippen molar-refractivity contribution in [3.8, 4) is 0 Å². The molecule has 0 saturated carbocycles. The van der Waals surface area contributed by atoms with Gasteiger partial charge in [-0.15, -0.1) is 0 Å². The van der Waals surface area contributed by atoms with Gasteiger partial charge in [0.15, 0.2) is 0 Å². The summed E-state index contributed by atoms with van der Waals surface area (Å²) in [4.78, 5) is 42.0. The number of carboxylic acids is 3. The van der Waals surface area contributed by atoms with Gasteiger partial charge in [0, 0.05) is 44.1 Å². The van der Waals surface area contributed by atoms with Gasteiger partial charge in [-0.2, -0.15) is 39.5 Å². The largest absolute Gasteiger partial charge is 0.490 e. The van der Waals surface area contributed by atoms with Gasteiger partial charge in [-0.3, -0.25) is 9.88 Å². The van der Waals surface area contributed by atoms with Crippen LogP contribution in [0.2, 0.25) is 0 Å². The van der Waals surface area contributed by atoms with Crippen molar-refractivity contribution in [1.29, 1.82) is 0 Å². The summed E-state index contributed by atoms with van der Waals surface area (Å²) in [6.45, 7) is 4.78. The number of likely N-dealkylation sites (tertiary alicyclic amines) is 1. The third-order valence-corrected chi connectivity index (χ3v) is 5.75. The van der Waals surface area contributed by atoms with Crippen molar-refractivity contribution in [2.75, 3.05) is 31.6 Å². The highest BCUT2D eigenvalue weighted by molar-refractivity contribution is 5.73. The zero-order valence-corrected chi connectivity index (χ0v) is 22.7. The predicted octanol–water partition coefficient (Wildman–Crippen LogP) is 3.72. The van der Waals surface area contributed by atoms with Crippen molar-refractivity contribution < 1.29 is 74.0 Å². The van der Waals surface area contributed by atoms with Gasteiger partial charge in [-0.25, -0.2) is 24.4 Å². The number of rotatable bonds is 5. The fourth-order valence-electron chi connectivity index (χ4n) is 3.82. The zero-order chi connectivity index (χ0) is 34.4. The van der Waals surface area contributed by atoms with E-state index in [1.165, 1.54) is 6.42 Å². The first kappa shape index (κ1) is 38.8. The Morgan fingerprint density at radius 2 is 1.31 bits per heavy atom. The molecule has 0 spiro atoms. The molecule has 252 valence electrons. The molecule has 2 aromatic rings. The number of pyridine rings is 1. The molecule has 4 rings (SSSR count). The van der Waals surface area contributed by atoms with E-state index in [0.29, 0.717) is 17.8 Å². The van der Waals surface area contributed by atoms with Crippen LogP contribution in [0.5, 0.6) is 0 Å². The van der Waals surface area contributed by atoms with Crippen LogP contribution < -0.4 is 5.32 Å². The summed E-state index contributed by atoms with van der Waals surface area (Å²) in [6, 6.07) is 7.95. The number of carbonyl (C=O) groups is 3. The highest BCUT2D eigenvalue weighted by Crippen LogP contribution is 2.34. The minimum absolute atomic E-state index is 0.260. The molecule has 0 aromatic carbocycles. The number of anilines is 1. The Labute approximate surface area is 247 Å². The maximum Gasteiger partial charge on any atom is 0.490 e. The van der Waals surface area contributed by atoms with E-state index in [-0.39, 0.29) is 6.10 Å². The van der Waals surface area contributed by atoms with Crippen molar-refractivity contribution >= 4 is 23.9 Å². The number of halogens is 9. The molecule has 0 amide bonds. The van der Waals surface area contributed by atoms with E-state index in [0.717, 1.165) is 38.5 Å². The molecule has 0 aliphatic carbocycles. The summed E-state index contributed by atoms with van der Waals surface area (Å²) in [7, 11) is 0. The lowest BCUT2D eigenvalue weighted by Crippen LogP contribution is -2.42. The Morgan fingerprint density at radius 3 is 1.76 bits per heavy atom. The molecule has 45 heavy (non-hydrogen) atoms. The van der Waals surface area contributed by atoms with Crippen molar-refractivity contribution in [3.63, 3.8) is 0 Å². The molecule has 0 unspecified atom stereocenters. The average molecular weight is 667 g/mol. The summed E-state index contributed by atoms with van der Waals surface area (Å²) in [5.41, 5.74) is 1.15. The zero-order valence-electron chi connectivity index (χ0n) is 22.7. The molecule has 4 heterocycles. The number of nitrogens with zero attached hydrogens (tertiary/aromatic N) is 4. The van der Waals surface area contributed by atoms with Crippen molar-refractivity contribution in [2.45, 2.75) is 37.6 Å². The fourth-order valence-corrected chi connectivity index (χ4v) is 3.82. The van der Waals surface area contributed by atoms with Crippen LogP contribution in [0.4, 0.5) is 45.5 Å². The maximum absolute atomic E-state index is 10.6. The topological polar surface area (TPSA) is 175 Å². The number of aliphatic carboxylic acids is 3. The molecule has 0 bridgehead atoms. The molecule has 12 nitrogen and oxygen atoms in total. The van der Waals surface area contributed by atoms with Gasteiger partial charge in [0.1, 0.15) is 0 Å². The minimum Gasteiger partial charge on any atom is -0.475 e. The molecule has 4 N–H and O–H groups in total. The highest BCUT2D eigenvalue weighted by atomic mass is 19.4. The molecule has 0 radical (unpaired) electrons. The molecule has 2 aliphatic rings. The quantitative estimate of drug-likeness (QED) is 0.341. The van der Waals surface area contributed by atoms with Crippen LogP contribution in [0.15, 0.2) is 42.9 Å². The lowest BCUT2D eigenvalue weighted by molar-refractivity contribution is -0.193. The summed E-state index contributed by atoms with van der Waals surface area (Å²) in [5.74, 6) is -6.35. The molecule has 2 saturated heterocycles. The normalized spacial score (nSPS) is 19.6. The Balaban J connectivity index is 0.000000396. The van der Waals surface area contributed by atoms with E-state index in [4.69, 9.17) is 34.4 Å². The van der Waals surface area contributed by atoms with Crippen LogP contribution in [0, 0.1) is 11.8 Å². The van der Waals surface area contributed by atoms with Gasteiger partial charge in [0.2, 0.25) is 5.95 Å². The van der Waals surface area contributed by atoms with Crippen LogP contribution in [0.3, 0.4) is 0 Å². The predicted molar refractivity (Wildman–Crippen MR) is 132 cm³/mol. The Morgan fingerprint density at radius 1 is 0.822 bits per heavy atom. The number of fused-ring (bicyclic) bond motifs is 1. The van der Waals surface area contributed by atoms with E-state index < -0.39 is 36.4 Å². The van der Waals surface area contributed by atoms with E-state index in [9.17, 15) is 39.5 Å². The SMILES string of the molecule is O=C(O)C(F)(F)F.O=C(O)C(F)(F)F.O=C(O)C(F)(F)F.c1ccc(CN2CC[C@@H]3[C@@H](CO[C@@H]3CNc3ncccn3)C2)nc1. The van der Waals surface area contributed by atoms with Gasteiger partial charge >= 0.3 is 36.4 Å². The number of carboxylic acid groups (broad SMARTS) is 3. The van der Waals surface area contributed by atoms with Crippen LogP contribution in [0.25, 0.3) is 0 Å². The van der Waals surface area contributed by atoms with Gasteiger partial charge in [0.05, 0.1) is 18.4 Å². The smallest absolute Gasteiger partial charge is 0.475 e. The van der Waals surface area contributed by atoms with Crippen LogP contribution in [-0.4, -0.2) is 104 Å². The summed E-state index contributed by atoms with van der Waals surface area (Å²) < 4.78 is 101. The monoisotopic (exact) mass is 667 g/mol. The number of hydrogen-bond donors (Lipinski definition) is 4. The van der Waals surface area contributed by atoms with Crippen molar-refractivity contribution in [2.24, 2.45) is 11.8 Å². The number of alkyl halides is 9. The lowest BCUT2D eigenvalue weighted by Gasteiger charge is -2.35. The van der Waals surface area contributed by atoms with Crippen LogP contribution in [0.1, 0.15) is 12.1 Å². The van der Waals surface area contributed by atoms with E-state index in [2.05, 4.69) is 37.3 Å². The molecule has 3 atom stereocenters. The maximum atomic E-state index is 10.6. The third-order valence-electron chi connectivity index (χ3n) is 5.75. The fraction of sp³-hybridized carbons (Fsp3) is 0.500. The molecular weight excluding hydrogens is 641 g/mol. The highest BCUT2D eigenvalue weighted by Gasteiger charge is 2.41. The number of aromatic nitrogens is 3. The molecule has 2 aliphatic heterocycles. The van der Waals surface area contributed by atoms with Crippen LogP contribution in [-0.2, 0) is 25.7 Å². The van der Waals surface area contributed by atoms with E-state index in [1.54, 1.807) is 12.4 Å². The minimum atomic E-state index is -5.08. The summed E-state index contributed by atoms with van der Waals surface area (Å²) in [5, 5.41) is 24.7. The Hall–Kier alpha value is -4.27. The number of nitrogens with one attached hydrogen (secondary N) is 1. The first-order valence-electron chi connectivity index (χ1n) is 12.4. The van der Waals surface area contributed by atoms with Crippen molar-refractivity contribution in [3.05, 3.63) is 48.5 Å². The molecule has 21 heteroatoms. The third kappa shape index (κ3) is 15.3. The molecular formula is C24H26F9N5O7. The first-order chi connectivity index (χ1) is 20.7. The van der Waals surface area contributed by atoms with Gasteiger partial charge in [-0.1, -0.05) is 6.07 Å². The second-order valence-electron chi connectivity index (χ2n) is 9.00.